The number of thiazole rings is 1. The van der Waals surface area contributed by atoms with E-state index >= 15 is 0 Å². The maximum Gasteiger partial charge on any atom is 0.256 e. The van der Waals surface area contributed by atoms with Crippen molar-refractivity contribution in [3.05, 3.63) is 64.7 Å². The quantitative estimate of drug-likeness (QED) is 0.671. The molecule has 4 rings (SSSR count). The van der Waals surface area contributed by atoms with Crippen molar-refractivity contribution in [3.8, 4) is 0 Å². The van der Waals surface area contributed by atoms with E-state index in [1.165, 1.54) is 0 Å². The Labute approximate surface area is 147 Å². The second kappa shape index (κ2) is 6.52. The lowest BCUT2D eigenvalue weighted by Gasteiger charge is -2.31. The van der Waals surface area contributed by atoms with Gasteiger partial charge < -0.3 is 4.90 Å². The van der Waals surface area contributed by atoms with Crippen molar-refractivity contribution in [2.45, 2.75) is 18.8 Å². The minimum Gasteiger partial charge on any atom is -0.339 e. The summed E-state index contributed by atoms with van der Waals surface area (Å²) >= 11 is 1.69. The predicted octanol–water partition coefficient (Wildman–Crippen LogP) is 4.59. The first-order valence-corrected chi connectivity index (χ1v) is 9.03. The molecule has 0 bridgehead atoms. The predicted molar refractivity (Wildman–Crippen MR) is 93.9 cm³/mol. The highest BCUT2D eigenvalue weighted by atomic mass is 32.1. The molecule has 0 atom stereocenters. The van der Waals surface area contributed by atoms with Gasteiger partial charge in [-0.3, -0.25) is 4.79 Å². The molecule has 25 heavy (non-hydrogen) atoms. The molecule has 0 unspecified atom stereocenters. The Hall–Kier alpha value is -2.34. The zero-order valence-electron chi connectivity index (χ0n) is 13.4. The van der Waals surface area contributed by atoms with Crippen LogP contribution < -0.4 is 0 Å². The number of halogens is 2. The van der Waals surface area contributed by atoms with Gasteiger partial charge in [0.05, 0.1) is 20.8 Å². The summed E-state index contributed by atoms with van der Waals surface area (Å²) in [5.41, 5.74) is 0.807. The van der Waals surface area contributed by atoms with E-state index in [4.69, 9.17) is 4.98 Å². The third-order valence-corrected chi connectivity index (χ3v) is 5.80. The topological polar surface area (TPSA) is 33.2 Å². The van der Waals surface area contributed by atoms with E-state index < -0.39 is 17.5 Å². The second-order valence-corrected chi connectivity index (χ2v) is 7.27. The SMILES string of the molecule is O=C(c1cc(F)ccc1F)N1CCC(c2nc3ccccc3s2)CC1. The van der Waals surface area contributed by atoms with Crippen LogP contribution in [0.3, 0.4) is 0 Å². The summed E-state index contributed by atoms with van der Waals surface area (Å²) in [7, 11) is 0. The number of hydrogen-bond acceptors (Lipinski definition) is 3. The number of para-hydroxylation sites is 1. The highest BCUT2D eigenvalue weighted by Crippen LogP contribution is 2.34. The Morgan fingerprint density at radius 2 is 1.88 bits per heavy atom. The monoisotopic (exact) mass is 358 g/mol. The van der Waals surface area contributed by atoms with E-state index in [1.54, 1.807) is 16.2 Å². The fourth-order valence-corrected chi connectivity index (χ4v) is 4.36. The molecule has 6 heteroatoms. The van der Waals surface area contributed by atoms with Gasteiger partial charge in [0.1, 0.15) is 11.6 Å². The Kier molecular flexibility index (Phi) is 4.21. The van der Waals surface area contributed by atoms with Crippen molar-refractivity contribution in [3.63, 3.8) is 0 Å². The summed E-state index contributed by atoms with van der Waals surface area (Å²) in [6, 6.07) is 11.0. The van der Waals surface area contributed by atoms with Gasteiger partial charge in [-0.05, 0) is 43.2 Å². The lowest BCUT2D eigenvalue weighted by molar-refractivity contribution is 0.0707. The minimum absolute atomic E-state index is 0.196. The summed E-state index contributed by atoms with van der Waals surface area (Å²) in [4.78, 5) is 18.8. The lowest BCUT2D eigenvalue weighted by Crippen LogP contribution is -2.38. The van der Waals surface area contributed by atoms with Crippen LogP contribution in [-0.2, 0) is 0 Å². The van der Waals surface area contributed by atoms with Gasteiger partial charge in [-0.1, -0.05) is 12.1 Å². The van der Waals surface area contributed by atoms with Crippen LogP contribution in [0.1, 0.15) is 34.1 Å². The average molecular weight is 358 g/mol. The molecule has 2 aromatic carbocycles. The van der Waals surface area contributed by atoms with E-state index in [1.807, 2.05) is 18.2 Å². The van der Waals surface area contributed by atoms with E-state index in [9.17, 15) is 13.6 Å². The zero-order valence-corrected chi connectivity index (χ0v) is 14.2. The number of carbonyl (C=O) groups is 1. The largest absolute Gasteiger partial charge is 0.339 e. The molecule has 0 spiro atoms. The molecule has 0 aliphatic carbocycles. The van der Waals surface area contributed by atoms with Crippen molar-refractivity contribution in [1.82, 2.24) is 9.88 Å². The Bertz CT molecular complexity index is 899. The molecule has 1 aromatic heterocycles. The van der Waals surface area contributed by atoms with Crippen LogP contribution in [0, 0.1) is 11.6 Å². The zero-order chi connectivity index (χ0) is 17.4. The van der Waals surface area contributed by atoms with Crippen LogP contribution in [0.2, 0.25) is 0 Å². The molecule has 1 saturated heterocycles. The van der Waals surface area contributed by atoms with Gasteiger partial charge in [-0.15, -0.1) is 11.3 Å². The van der Waals surface area contributed by atoms with Crippen LogP contribution in [-0.4, -0.2) is 28.9 Å². The van der Waals surface area contributed by atoms with Gasteiger partial charge in [0.25, 0.3) is 5.91 Å². The van der Waals surface area contributed by atoms with Crippen molar-refractivity contribution < 1.29 is 13.6 Å². The standard InChI is InChI=1S/C19H16F2N2OS/c20-13-5-6-15(21)14(11-13)19(24)23-9-7-12(8-10-23)18-22-16-3-1-2-4-17(16)25-18/h1-6,11-12H,7-10H2. The fraction of sp³-hybridized carbons (Fsp3) is 0.263. The molecule has 0 N–H and O–H groups in total. The van der Waals surface area contributed by atoms with Gasteiger partial charge in [0, 0.05) is 19.0 Å². The van der Waals surface area contributed by atoms with E-state index in [-0.39, 0.29) is 5.56 Å². The average Bonchev–Trinajstić information content (AvgIpc) is 3.07. The number of amides is 1. The van der Waals surface area contributed by atoms with Crippen molar-refractivity contribution in [2.24, 2.45) is 0 Å². The number of rotatable bonds is 2. The first kappa shape index (κ1) is 16.1. The van der Waals surface area contributed by atoms with Crippen LogP contribution >= 0.6 is 11.3 Å². The van der Waals surface area contributed by atoms with E-state index in [0.717, 1.165) is 46.3 Å². The van der Waals surface area contributed by atoms with Gasteiger partial charge in [0.15, 0.2) is 0 Å². The Morgan fingerprint density at radius 1 is 1.12 bits per heavy atom. The molecule has 1 fully saturated rings. The van der Waals surface area contributed by atoms with Crippen LogP contribution in [0.25, 0.3) is 10.2 Å². The maximum absolute atomic E-state index is 13.8. The van der Waals surface area contributed by atoms with Gasteiger partial charge in [-0.2, -0.15) is 0 Å². The minimum atomic E-state index is -0.681. The number of nitrogens with zero attached hydrogens (tertiary/aromatic N) is 2. The number of aromatic nitrogens is 1. The molecular weight excluding hydrogens is 342 g/mol. The molecule has 0 radical (unpaired) electrons. The maximum atomic E-state index is 13.8. The summed E-state index contributed by atoms with van der Waals surface area (Å²) in [6.45, 7) is 1.05. The molecule has 128 valence electrons. The van der Waals surface area contributed by atoms with Gasteiger partial charge in [0.2, 0.25) is 0 Å². The third kappa shape index (κ3) is 3.14. The first-order valence-electron chi connectivity index (χ1n) is 8.21. The van der Waals surface area contributed by atoms with Gasteiger partial charge in [-0.25, -0.2) is 13.8 Å². The van der Waals surface area contributed by atoms with Crippen molar-refractivity contribution >= 4 is 27.5 Å². The van der Waals surface area contributed by atoms with E-state index in [2.05, 4.69) is 6.07 Å². The number of likely N-dealkylation sites (tertiary alicyclic amines) is 1. The Morgan fingerprint density at radius 3 is 2.64 bits per heavy atom. The fourth-order valence-electron chi connectivity index (χ4n) is 3.23. The summed E-state index contributed by atoms with van der Waals surface area (Å²) < 4.78 is 28.3. The van der Waals surface area contributed by atoms with Crippen LogP contribution in [0.4, 0.5) is 8.78 Å². The first-order chi connectivity index (χ1) is 12.1. The van der Waals surface area contributed by atoms with Gasteiger partial charge >= 0.3 is 0 Å². The number of fused-ring (bicyclic) bond motifs is 1. The molecule has 3 nitrogen and oxygen atoms in total. The van der Waals surface area contributed by atoms with Crippen LogP contribution in [0.5, 0.6) is 0 Å². The summed E-state index contributed by atoms with van der Waals surface area (Å²) in [5, 5.41) is 1.09. The van der Waals surface area contributed by atoms with Crippen molar-refractivity contribution in [2.75, 3.05) is 13.1 Å². The van der Waals surface area contributed by atoms with Crippen LogP contribution in [0.15, 0.2) is 42.5 Å². The third-order valence-electron chi connectivity index (χ3n) is 4.60. The summed E-state index contributed by atoms with van der Waals surface area (Å²) in [5.74, 6) is -1.42. The highest BCUT2D eigenvalue weighted by Gasteiger charge is 2.27. The molecule has 1 aliphatic rings. The lowest BCUT2D eigenvalue weighted by atomic mass is 9.97. The molecule has 2 heterocycles. The van der Waals surface area contributed by atoms with E-state index in [0.29, 0.717) is 19.0 Å². The number of benzene rings is 2. The molecule has 1 aliphatic heterocycles. The smallest absolute Gasteiger partial charge is 0.256 e. The second-order valence-electron chi connectivity index (χ2n) is 6.21. The number of piperidine rings is 1. The number of carbonyl (C=O) groups excluding carboxylic acids is 1. The number of hydrogen-bond donors (Lipinski definition) is 0. The Balaban J connectivity index is 1.47. The molecule has 3 aromatic rings. The molecular formula is C19H16F2N2OS. The highest BCUT2D eigenvalue weighted by molar-refractivity contribution is 7.18. The van der Waals surface area contributed by atoms with Crippen molar-refractivity contribution in [1.29, 1.82) is 0 Å². The summed E-state index contributed by atoms with van der Waals surface area (Å²) in [6.07, 6.45) is 1.56. The molecule has 1 amide bonds. The normalized spacial score (nSPS) is 15.7. The molecule has 0 saturated carbocycles.